The van der Waals surface area contributed by atoms with E-state index in [1.165, 1.54) is 7.11 Å². The van der Waals surface area contributed by atoms with Crippen molar-refractivity contribution < 1.29 is 14.3 Å². The number of nitrogens with one attached hydrogen (secondary N) is 2. The Bertz CT molecular complexity index is 217. The van der Waals surface area contributed by atoms with Gasteiger partial charge >= 0.3 is 12.0 Å². The SMILES string of the molecule is COC(=O)[C@H](C)NC(=O)NCCC(C)C. The number of carbonyl (C=O) groups excluding carboxylic acids is 2. The van der Waals surface area contributed by atoms with Gasteiger partial charge in [-0.1, -0.05) is 13.8 Å². The lowest BCUT2D eigenvalue weighted by Crippen LogP contribution is -2.45. The van der Waals surface area contributed by atoms with Crippen molar-refractivity contribution in [3.63, 3.8) is 0 Å². The molecule has 2 amide bonds. The summed E-state index contributed by atoms with van der Waals surface area (Å²) in [4.78, 5) is 22.2. The molecule has 0 spiro atoms. The molecule has 0 aromatic rings. The molecular formula is C10H20N2O3. The Kier molecular flexibility index (Phi) is 6.49. The molecule has 0 unspecified atom stereocenters. The Hall–Kier alpha value is -1.26. The summed E-state index contributed by atoms with van der Waals surface area (Å²) in [7, 11) is 1.29. The average molecular weight is 216 g/mol. The van der Waals surface area contributed by atoms with Crippen LogP contribution in [-0.2, 0) is 9.53 Å². The van der Waals surface area contributed by atoms with E-state index in [2.05, 4.69) is 29.2 Å². The zero-order chi connectivity index (χ0) is 11.8. The molecular weight excluding hydrogens is 196 g/mol. The van der Waals surface area contributed by atoms with E-state index < -0.39 is 12.0 Å². The Balaban J connectivity index is 3.69. The Morgan fingerprint density at radius 1 is 1.27 bits per heavy atom. The van der Waals surface area contributed by atoms with Crippen LogP contribution in [0.25, 0.3) is 0 Å². The highest BCUT2D eigenvalue weighted by Gasteiger charge is 2.14. The minimum Gasteiger partial charge on any atom is -0.467 e. The van der Waals surface area contributed by atoms with E-state index in [0.717, 1.165) is 6.42 Å². The van der Waals surface area contributed by atoms with Gasteiger partial charge in [0.1, 0.15) is 6.04 Å². The summed E-state index contributed by atoms with van der Waals surface area (Å²) in [5.41, 5.74) is 0. The van der Waals surface area contributed by atoms with Gasteiger partial charge in [0, 0.05) is 6.54 Å². The molecule has 15 heavy (non-hydrogen) atoms. The first kappa shape index (κ1) is 13.7. The smallest absolute Gasteiger partial charge is 0.328 e. The average Bonchev–Trinajstić information content (AvgIpc) is 2.15. The molecule has 0 saturated heterocycles. The molecule has 0 aliphatic heterocycles. The Morgan fingerprint density at radius 2 is 1.87 bits per heavy atom. The number of hydrogen-bond donors (Lipinski definition) is 2. The van der Waals surface area contributed by atoms with E-state index >= 15 is 0 Å². The second kappa shape index (κ2) is 7.09. The first-order valence-electron chi connectivity index (χ1n) is 5.09. The van der Waals surface area contributed by atoms with E-state index in [-0.39, 0.29) is 6.03 Å². The van der Waals surface area contributed by atoms with Crippen molar-refractivity contribution >= 4 is 12.0 Å². The summed E-state index contributed by atoms with van der Waals surface area (Å²) >= 11 is 0. The predicted octanol–water partition coefficient (Wildman–Crippen LogP) is 0.893. The molecule has 88 valence electrons. The first-order chi connectivity index (χ1) is 6.97. The number of carbonyl (C=O) groups is 2. The second-order valence-electron chi connectivity index (χ2n) is 3.83. The van der Waals surface area contributed by atoms with E-state index in [4.69, 9.17) is 0 Å². The molecule has 5 nitrogen and oxygen atoms in total. The standard InChI is InChI=1S/C10H20N2O3/c1-7(2)5-6-11-10(14)12-8(3)9(13)15-4/h7-8H,5-6H2,1-4H3,(H2,11,12,14)/t8-/m0/s1. The van der Waals surface area contributed by atoms with Crippen LogP contribution in [0.3, 0.4) is 0 Å². The van der Waals surface area contributed by atoms with Crippen LogP contribution < -0.4 is 10.6 Å². The van der Waals surface area contributed by atoms with Crippen LogP contribution in [0.15, 0.2) is 0 Å². The molecule has 0 aliphatic rings. The van der Waals surface area contributed by atoms with Crippen LogP contribution in [0.1, 0.15) is 27.2 Å². The number of amides is 2. The van der Waals surface area contributed by atoms with Gasteiger partial charge in [0.2, 0.25) is 0 Å². The molecule has 0 heterocycles. The maximum absolute atomic E-state index is 11.2. The number of esters is 1. The molecule has 0 saturated carbocycles. The number of hydrogen-bond acceptors (Lipinski definition) is 3. The van der Waals surface area contributed by atoms with Crippen molar-refractivity contribution in [2.24, 2.45) is 5.92 Å². The quantitative estimate of drug-likeness (QED) is 0.671. The highest BCUT2D eigenvalue weighted by Crippen LogP contribution is 1.96. The van der Waals surface area contributed by atoms with Crippen molar-refractivity contribution in [2.75, 3.05) is 13.7 Å². The molecule has 0 aromatic heterocycles. The van der Waals surface area contributed by atoms with Gasteiger partial charge in [-0.2, -0.15) is 0 Å². The third kappa shape index (κ3) is 6.76. The fourth-order valence-electron chi connectivity index (χ4n) is 0.958. The summed E-state index contributed by atoms with van der Waals surface area (Å²) in [5, 5.41) is 5.15. The monoisotopic (exact) mass is 216 g/mol. The van der Waals surface area contributed by atoms with Gasteiger partial charge in [-0.05, 0) is 19.3 Å². The van der Waals surface area contributed by atoms with E-state index in [9.17, 15) is 9.59 Å². The largest absolute Gasteiger partial charge is 0.467 e. The summed E-state index contributed by atoms with van der Waals surface area (Å²) in [6.45, 7) is 6.35. The van der Waals surface area contributed by atoms with Crippen molar-refractivity contribution in [3.8, 4) is 0 Å². The van der Waals surface area contributed by atoms with Gasteiger partial charge < -0.3 is 15.4 Å². The van der Waals surface area contributed by atoms with Crippen LogP contribution in [0, 0.1) is 5.92 Å². The number of methoxy groups -OCH3 is 1. The summed E-state index contributed by atoms with van der Waals surface area (Å²) in [6, 6.07) is -0.956. The van der Waals surface area contributed by atoms with Gasteiger partial charge in [0.25, 0.3) is 0 Å². The topological polar surface area (TPSA) is 67.4 Å². The first-order valence-corrected chi connectivity index (χ1v) is 5.09. The van der Waals surface area contributed by atoms with Crippen LogP contribution >= 0.6 is 0 Å². The fourth-order valence-corrected chi connectivity index (χ4v) is 0.958. The molecule has 5 heteroatoms. The van der Waals surface area contributed by atoms with E-state index in [0.29, 0.717) is 12.5 Å². The summed E-state index contributed by atoms with van der Waals surface area (Å²) in [5.74, 6) is 0.0948. The summed E-state index contributed by atoms with van der Waals surface area (Å²) in [6.07, 6.45) is 0.917. The van der Waals surface area contributed by atoms with E-state index in [1.54, 1.807) is 6.92 Å². The second-order valence-corrected chi connectivity index (χ2v) is 3.83. The lowest BCUT2D eigenvalue weighted by molar-refractivity contribution is -0.142. The van der Waals surface area contributed by atoms with Crippen molar-refractivity contribution in [2.45, 2.75) is 33.2 Å². The fraction of sp³-hybridized carbons (Fsp3) is 0.800. The van der Waals surface area contributed by atoms with Crippen molar-refractivity contribution in [1.82, 2.24) is 10.6 Å². The zero-order valence-corrected chi connectivity index (χ0v) is 9.79. The molecule has 2 N–H and O–H groups in total. The van der Waals surface area contributed by atoms with Gasteiger partial charge in [-0.15, -0.1) is 0 Å². The third-order valence-corrected chi connectivity index (χ3v) is 1.91. The molecule has 0 rings (SSSR count). The Labute approximate surface area is 90.6 Å². The van der Waals surface area contributed by atoms with Crippen LogP contribution in [0.4, 0.5) is 4.79 Å². The van der Waals surface area contributed by atoms with Crippen LogP contribution in [-0.4, -0.2) is 31.7 Å². The molecule has 0 aromatic carbocycles. The highest BCUT2D eigenvalue weighted by molar-refractivity contribution is 5.83. The molecule has 0 aliphatic carbocycles. The molecule has 1 atom stereocenters. The number of urea groups is 1. The molecule has 0 radical (unpaired) electrons. The van der Waals surface area contributed by atoms with Gasteiger partial charge in [0.15, 0.2) is 0 Å². The van der Waals surface area contributed by atoms with Gasteiger partial charge in [0.05, 0.1) is 7.11 Å². The normalized spacial score (nSPS) is 12.1. The maximum atomic E-state index is 11.2. The zero-order valence-electron chi connectivity index (χ0n) is 9.79. The van der Waals surface area contributed by atoms with Gasteiger partial charge in [-0.3, -0.25) is 0 Å². The number of rotatable bonds is 5. The van der Waals surface area contributed by atoms with Gasteiger partial charge in [-0.25, -0.2) is 9.59 Å². The van der Waals surface area contributed by atoms with Crippen LogP contribution in [0.2, 0.25) is 0 Å². The number of ether oxygens (including phenoxy) is 1. The lowest BCUT2D eigenvalue weighted by Gasteiger charge is -2.12. The van der Waals surface area contributed by atoms with Crippen molar-refractivity contribution in [3.05, 3.63) is 0 Å². The predicted molar refractivity (Wildman–Crippen MR) is 57.5 cm³/mol. The third-order valence-electron chi connectivity index (χ3n) is 1.91. The Morgan fingerprint density at radius 3 is 2.33 bits per heavy atom. The maximum Gasteiger partial charge on any atom is 0.328 e. The minimum atomic E-state index is -0.617. The van der Waals surface area contributed by atoms with E-state index in [1.807, 2.05) is 0 Å². The lowest BCUT2D eigenvalue weighted by atomic mass is 10.1. The summed E-state index contributed by atoms with van der Waals surface area (Å²) < 4.78 is 4.47. The highest BCUT2D eigenvalue weighted by atomic mass is 16.5. The molecule has 0 bridgehead atoms. The van der Waals surface area contributed by atoms with Crippen LogP contribution in [0.5, 0.6) is 0 Å². The molecule has 0 fully saturated rings. The van der Waals surface area contributed by atoms with Crippen molar-refractivity contribution in [1.29, 1.82) is 0 Å². The minimum absolute atomic E-state index is 0.339.